The lowest BCUT2D eigenvalue weighted by Crippen LogP contribution is -2.23. The van der Waals surface area contributed by atoms with Crippen LogP contribution in [0, 0.1) is 0 Å². The number of hydrogen-bond donors (Lipinski definition) is 1. The number of halogens is 2. The summed E-state index contributed by atoms with van der Waals surface area (Å²) < 4.78 is 2.07. The Morgan fingerprint density at radius 2 is 2.00 bits per heavy atom. The number of amides is 1. The van der Waals surface area contributed by atoms with Gasteiger partial charge in [0.05, 0.1) is 24.1 Å². The molecule has 0 unspecified atom stereocenters. The summed E-state index contributed by atoms with van der Waals surface area (Å²) in [4.78, 5) is 16.2. The normalized spacial score (nSPS) is 11.0. The Bertz CT molecular complexity index is 889. The molecule has 2 aromatic carbocycles. The average Bonchev–Trinajstić information content (AvgIpc) is 2.93. The van der Waals surface area contributed by atoms with Crippen LogP contribution in [0.15, 0.2) is 42.5 Å². The summed E-state index contributed by atoms with van der Waals surface area (Å²) in [5, 5.41) is 4.10. The van der Waals surface area contributed by atoms with E-state index in [4.69, 9.17) is 23.2 Å². The maximum Gasteiger partial charge on any atom is 0.220 e. The molecular weight excluding hydrogens is 345 g/mol. The summed E-state index contributed by atoms with van der Waals surface area (Å²) in [5.74, 6) is 0.794. The molecule has 3 rings (SSSR count). The molecule has 0 aliphatic carbocycles. The maximum absolute atomic E-state index is 11.6. The molecule has 0 radical (unpaired) electrons. The zero-order valence-electron chi connectivity index (χ0n) is 13.2. The van der Waals surface area contributed by atoms with Crippen molar-refractivity contribution in [1.82, 2.24) is 14.9 Å². The van der Waals surface area contributed by atoms with Gasteiger partial charge in [-0.2, -0.15) is 0 Å². The van der Waals surface area contributed by atoms with Gasteiger partial charge in [-0.15, -0.1) is 0 Å². The molecule has 1 N–H and O–H groups in total. The molecule has 1 aromatic heterocycles. The monoisotopic (exact) mass is 361 g/mol. The average molecular weight is 362 g/mol. The maximum atomic E-state index is 11.6. The topological polar surface area (TPSA) is 46.9 Å². The zero-order valence-corrected chi connectivity index (χ0v) is 14.7. The Labute approximate surface area is 150 Å². The summed E-state index contributed by atoms with van der Waals surface area (Å²) in [7, 11) is 0. The second-order valence-corrected chi connectivity index (χ2v) is 6.31. The van der Waals surface area contributed by atoms with Crippen LogP contribution in [0.2, 0.25) is 10.0 Å². The molecule has 0 fully saturated rings. The molecule has 124 valence electrons. The van der Waals surface area contributed by atoms with Gasteiger partial charge < -0.3 is 9.88 Å². The second kappa shape index (κ2) is 7.24. The van der Waals surface area contributed by atoms with Crippen LogP contribution in [0.25, 0.3) is 11.0 Å². The third kappa shape index (κ3) is 3.55. The van der Waals surface area contributed by atoms with Crippen LogP contribution in [0.5, 0.6) is 0 Å². The third-order valence-corrected chi connectivity index (χ3v) is 4.43. The minimum atomic E-state index is -0.00173. The van der Waals surface area contributed by atoms with Crippen LogP contribution in [-0.2, 0) is 17.9 Å². The second-order valence-electron chi connectivity index (χ2n) is 5.47. The van der Waals surface area contributed by atoms with Crippen molar-refractivity contribution in [2.45, 2.75) is 26.4 Å². The molecule has 0 saturated heterocycles. The van der Waals surface area contributed by atoms with Crippen molar-refractivity contribution in [2.75, 3.05) is 0 Å². The summed E-state index contributed by atoms with van der Waals surface area (Å²) >= 11 is 12.3. The first-order valence-electron chi connectivity index (χ1n) is 7.73. The lowest BCUT2D eigenvalue weighted by Gasteiger charge is -2.11. The number of fused-ring (bicyclic) bond motifs is 1. The van der Waals surface area contributed by atoms with E-state index in [2.05, 4.69) is 14.9 Å². The predicted octanol–water partition coefficient (Wildman–Crippen LogP) is 4.42. The molecule has 0 saturated carbocycles. The number of benzene rings is 2. The Morgan fingerprint density at radius 3 is 2.75 bits per heavy atom. The molecule has 0 atom stereocenters. The molecule has 4 nitrogen and oxygen atoms in total. The predicted molar refractivity (Wildman–Crippen MR) is 97.4 cm³/mol. The van der Waals surface area contributed by atoms with E-state index in [1.54, 1.807) is 6.07 Å². The highest BCUT2D eigenvalue weighted by Gasteiger charge is 2.13. The lowest BCUT2D eigenvalue weighted by molar-refractivity contribution is -0.120. The van der Waals surface area contributed by atoms with Gasteiger partial charge in [-0.25, -0.2) is 4.98 Å². The van der Waals surface area contributed by atoms with Crippen molar-refractivity contribution in [3.05, 3.63) is 63.9 Å². The molecule has 0 aliphatic rings. The first-order chi connectivity index (χ1) is 11.6. The van der Waals surface area contributed by atoms with Crippen LogP contribution in [0.3, 0.4) is 0 Å². The number of nitrogens with one attached hydrogen (secondary N) is 1. The van der Waals surface area contributed by atoms with Crippen LogP contribution >= 0.6 is 23.2 Å². The van der Waals surface area contributed by atoms with Gasteiger partial charge in [0, 0.05) is 16.5 Å². The number of imidazole rings is 1. The molecule has 1 amide bonds. The van der Waals surface area contributed by atoms with Crippen molar-refractivity contribution in [1.29, 1.82) is 0 Å². The van der Waals surface area contributed by atoms with Gasteiger partial charge in [-0.3, -0.25) is 4.79 Å². The molecule has 0 spiro atoms. The van der Waals surface area contributed by atoms with Gasteiger partial charge in [0.25, 0.3) is 0 Å². The van der Waals surface area contributed by atoms with E-state index in [9.17, 15) is 4.79 Å². The number of para-hydroxylation sites is 2. The fraction of sp³-hybridized carbons (Fsp3) is 0.222. The summed E-state index contributed by atoms with van der Waals surface area (Å²) in [6, 6.07) is 13.4. The SMILES string of the molecule is CCC(=O)NCc1nc2ccccc2n1Cc1ccc(Cl)cc1Cl. The highest BCUT2D eigenvalue weighted by molar-refractivity contribution is 6.35. The first-order valence-corrected chi connectivity index (χ1v) is 8.49. The van der Waals surface area contributed by atoms with Crippen LogP contribution in [0.4, 0.5) is 0 Å². The van der Waals surface area contributed by atoms with Crippen molar-refractivity contribution in [2.24, 2.45) is 0 Å². The molecule has 1 heterocycles. The highest BCUT2D eigenvalue weighted by atomic mass is 35.5. The first kappa shape index (κ1) is 16.8. The fourth-order valence-electron chi connectivity index (χ4n) is 2.56. The molecule has 6 heteroatoms. The number of carbonyl (C=O) groups excluding carboxylic acids is 1. The Balaban J connectivity index is 1.99. The smallest absolute Gasteiger partial charge is 0.220 e. The Hall–Kier alpha value is -2.04. The molecule has 24 heavy (non-hydrogen) atoms. The van der Waals surface area contributed by atoms with E-state index in [-0.39, 0.29) is 5.91 Å². The van der Waals surface area contributed by atoms with Gasteiger partial charge in [0.2, 0.25) is 5.91 Å². The number of rotatable bonds is 5. The number of aromatic nitrogens is 2. The van der Waals surface area contributed by atoms with Crippen LogP contribution < -0.4 is 5.32 Å². The van der Waals surface area contributed by atoms with E-state index in [1.165, 1.54) is 0 Å². The van der Waals surface area contributed by atoms with Gasteiger partial charge in [0.1, 0.15) is 5.82 Å². The van der Waals surface area contributed by atoms with E-state index in [1.807, 2.05) is 43.3 Å². The minimum absolute atomic E-state index is 0.00173. The van der Waals surface area contributed by atoms with Crippen molar-refractivity contribution >= 4 is 40.1 Å². The van der Waals surface area contributed by atoms with Crippen molar-refractivity contribution in [3.8, 4) is 0 Å². The quantitative estimate of drug-likeness (QED) is 0.731. The Morgan fingerprint density at radius 1 is 1.21 bits per heavy atom. The van der Waals surface area contributed by atoms with Crippen LogP contribution in [-0.4, -0.2) is 15.5 Å². The van der Waals surface area contributed by atoms with Crippen molar-refractivity contribution in [3.63, 3.8) is 0 Å². The van der Waals surface area contributed by atoms with Gasteiger partial charge >= 0.3 is 0 Å². The summed E-state index contributed by atoms with van der Waals surface area (Å²) in [5.41, 5.74) is 2.85. The standard InChI is InChI=1S/C18H17Cl2N3O/c1-2-18(24)21-10-17-22-15-5-3-4-6-16(15)23(17)11-12-7-8-13(19)9-14(12)20/h3-9H,2,10-11H2,1H3,(H,21,24). The zero-order chi connectivity index (χ0) is 17.1. The van der Waals surface area contributed by atoms with Crippen molar-refractivity contribution < 1.29 is 4.79 Å². The molecule has 3 aromatic rings. The van der Waals surface area contributed by atoms with Crippen LogP contribution in [0.1, 0.15) is 24.7 Å². The van der Waals surface area contributed by atoms with Gasteiger partial charge in [-0.1, -0.05) is 48.3 Å². The molecule has 0 bridgehead atoms. The minimum Gasteiger partial charge on any atom is -0.349 e. The van der Waals surface area contributed by atoms with Gasteiger partial charge in [-0.05, 0) is 29.8 Å². The molecule has 0 aliphatic heterocycles. The van der Waals surface area contributed by atoms with E-state index < -0.39 is 0 Å². The fourth-order valence-corrected chi connectivity index (χ4v) is 3.03. The van der Waals surface area contributed by atoms with E-state index >= 15 is 0 Å². The largest absolute Gasteiger partial charge is 0.349 e. The number of carbonyl (C=O) groups is 1. The van der Waals surface area contributed by atoms with E-state index in [0.717, 1.165) is 22.4 Å². The lowest BCUT2D eigenvalue weighted by atomic mass is 10.2. The highest BCUT2D eigenvalue weighted by Crippen LogP contribution is 2.24. The summed E-state index contributed by atoms with van der Waals surface area (Å²) in [6.07, 6.45) is 0.448. The third-order valence-electron chi connectivity index (χ3n) is 3.84. The molecular formula is C18H17Cl2N3O. The number of nitrogens with zero attached hydrogens (tertiary/aromatic N) is 2. The Kier molecular flexibility index (Phi) is 5.07. The van der Waals surface area contributed by atoms with Gasteiger partial charge in [0.15, 0.2) is 0 Å². The van der Waals surface area contributed by atoms with E-state index in [0.29, 0.717) is 29.6 Å². The number of hydrogen-bond acceptors (Lipinski definition) is 2. The summed E-state index contributed by atoms with van der Waals surface area (Å²) in [6.45, 7) is 2.77.